The van der Waals surface area contributed by atoms with E-state index in [4.69, 9.17) is 0 Å². The van der Waals surface area contributed by atoms with Gasteiger partial charge in [0.25, 0.3) is 5.91 Å². The number of benzene rings is 1. The van der Waals surface area contributed by atoms with Crippen molar-refractivity contribution in [3.8, 4) is 0 Å². The van der Waals surface area contributed by atoms with E-state index in [2.05, 4.69) is 17.2 Å². The van der Waals surface area contributed by atoms with E-state index >= 15 is 0 Å². The van der Waals surface area contributed by atoms with Gasteiger partial charge in [0.2, 0.25) is 0 Å². The molecule has 1 aromatic carbocycles. The summed E-state index contributed by atoms with van der Waals surface area (Å²) < 4.78 is 2.02. The van der Waals surface area contributed by atoms with E-state index in [1.54, 1.807) is 11.3 Å². The minimum atomic E-state index is -0.0877. The first-order valence-corrected chi connectivity index (χ1v) is 8.55. The summed E-state index contributed by atoms with van der Waals surface area (Å²) in [6.07, 6.45) is 1.98. The fourth-order valence-electron chi connectivity index (χ4n) is 2.37. The maximum Gasteiger partial charge on any atom is 0.265 e. The quantitative estimate of drug-likeness (QED) is 0.590. The van der Waals surface area contributed by atoms with Crippen LogP contribution in [0.25, 0.3) is 15.3 Å². The molecule has 0 bridgehead atoms. The van der Waals surface area contributed by atoms with E-state index < -0.39 is 0 Å². The Morgan fingerprint density at radius 3 is 2.91 bits per heavy atom. The lowest BCUT2D eigenvalue weighted by atomic mass is 10.1. The Kier molecular flexibility index (Phi) is 3.02. The number of carbonyl (C=O) groups is 1. The zero-order valence-corrected chi connectivity index (χ0v) is 13.7. The van der Waals surface area contributed by atoms with E-state index in [9.17, 15) is 4.79 Å². The van der Waals surface area contributed by atoms with Gasteiger partial charge in [-0.15, -0.1) is 22.7 Å². The molecule has 0 saturated heterocycles. The van der Waals surface area contributed by atoms with Crippen molar-refractivity contribution in [2.75, 3.05) is 5.32 Å². The van der Waals surface area contributed by atoms with Gasteiger partial charge in [-0.25, -0.2) is 4.98 Å². The highest BCUT2D eigenvalue weighted by Crippen LogP contribution is 2.28. The number of aryl methyl sites for hydroxylation is 2. The summed E-state index contributed by atoms with van der Waals surface area (Å²) in [5.74, 6) is -0.0877. The molecule has 0 saturated carbocycles. The molecule has 3 aromatic heterocycles. The summed E-state index contributed by atoms with van der Waals surface area (Å²) >= 11 is 3.02. The number of carbonyl (C=O) groups excluding carboxylic acids is 1. The molecule has 0 radical (unpaired) electrons. The van der Waals surface area contributed by atoms with Crippen molar-refractivity contribution in [2.45, 2.75) is 13.8 Å². The van der Waals surface area contributed by atoms with Crippen LogP contribution in [0, 0.1) is 13.8 Å². The Morgan fingerprint density at radius 1 is 1.23 bits per heavy atom. The second kappa shape index (κ2) is 4.93. The van der Waals surface area contributed by atoms with Crippen molar-refractivity contribution in [3.63, 3.8) is 0 Å². The van der Waals surface area contributed by atoms with Crippen LogP contribution in [0.2, 0.25) is 0 Å². The average molecular weight is 327 g/mol. The summed E-state index contributed by atoms with van der Waals surface area (Å²) in [4.78, 5) is 19.5. The number of nitrogens with one attached hydrogen (secondary N) is 1. The number of anilines is 1. The molecule has 0 aliphatic rings. The van der Waals surface area contributed by atoms with Crippen LogP contribution in [0.5, 0.6) is 0 Å². The summed E-state index contributed by atoms with van der Waals surface area (Å²) in [5, 5.41) is 4.95. The smallest absolute Gasteiger partial charge is 0.265 e. The van der Waals surface area contributed by atoms with Gasteiger partial charge in [-0.05, 0) is 43.2 Å². The third kappa shape index (κ3) is 2.12. The zero-order valence-electron chi connectivity index (χ0n) is 12.1. The lowest BCUT2D eigenvalue weighted by Crippen LogP contribution is -2.10. The van der Waals surface area contributed by atoms with Crippen LogP contribution in [0.3, 0.4) is 0 Å². The summed E-state index contributed by atoms with van der Waals surface area (Å²) in [5.41, 5.74) is 4.20. The molecule has 0 spiro atoms. The molecule has 0 aliphatic carbocycles. The van der Waals surface area contributed by atoms with E-state index in [0.29, 0.717) is 4.88 Å². The zero-order chi connectivity index (χ0) is 15.3. The number of thiazole rings is 1. The molecule has 4 aromatic rings. The Bertz CT molecular complexity index is 1010. The highest BCUT2D eigenvalue weighted by atomic mass is 32.1. The largest absolute Gasteiger partial charge is 0.321 e. The summed E-state index contributed by atoms with van der Waals surface area (Å²) in [6.45, 7) is 4.10. The molecule has 0 fully saturated rings. The number of fused-ring (bicyclic) bond motifs is 3. The van der Waals surface area contributed by atoms with Crippen molar-refractivity contribution in [2.24, 2.45) is 0 Å². The Hall–Kier alpha value is -2.18. The van der Waals surface area contributed by atoms with Gasteiger partial charge in [-0.1, -0.05) is 6.07 Å². The Labute approximate surface area is 135 Å². The predicted molar refractivity (Wildman–Crippen MR) is 92.3 cm³/mol. The second-order valence-corrected chi connectivity index (χ2v) is 7.13. The first kappa shape index (κ1) is 13.5. The lowest BCUT2D eigenvalue weighted by Gasteiger charge is -2.06. The van der Waals surface area contributed by atoms with Crippen LogP contribution < -0.4 is 5.32 Å². The Balaban J connectivity index is 1.66. The van der Waals surface area contributed by atoms with E-state index in [1.165, 1.54) is 22.5 Å². The van der Waals surface area contributed by atoms with Crippen molar-refractivity contribution < 1.29 is 4.79 Å². The van der Waals surface area contributed by atoms with Crippen LogP contribution in [0.15, 0.2) is 35.8 Å². The number of hydrogen-bond donors (Lipinski definition) is 1. The third-order valence-electron chi connectivity index (χ3n) is 3.73. The fourth-order valence-corrected chi connectivity index (χ4v) is 4.07. The normalized spacial score (nSPS) is 11.4. The maximum atomic E-state index is 12.4. The van der Waals surface area contributed by atoms with Gasteiger partial charge in [0.1, 0.15) is 4.83 Å². The van der Waals surface area contributed by atoms with E-state index in [1.807, 2.05) is 47.2 Å². The third-order valence-corrected chi connectivity index (χ3v) is 5.50. The molecule has 0 unspecified atom stereocenters. The molecule has 110 valence electrons. The van der Waals surface area contributed by atoms with Crippen LogP contribution in [0.4, 0.5) is 5.69 Å². The lowest BCUT2D eigenvalue weighted by molar-refractivity contribution is 0.103. The predicted octanol–water partition coefficient (Wildman–Crippen LogP) is 4.48. The highest BCUT2D eigenvalue weighted by Gasteiger charge is 2.15. The fraction of sp³-hybridized carbons (Fsp3) is 0.125. The molecule has 22 heavy (non-hydrogen) atoms. The van der Waals surface area contributed by atoms with Gasteiger partial charge in [0.15, 0.2) is 4.96 Å². The van der Waals surface area contributed by atoms with Gasteiger partial charge >= 0.3 is 0 Å². The van der Waals surface area contributed by atoms with Crippen molar-refractivity contribution in [3.05, 3.63) is 51.8 Å². The molecular formula is C16H13N3OS2. The van der Waals surface area contributed by atoms with Crippen LogP contribution in [0.1, 0.15) is 20.8 Å². The van der Waals surface area contributed by atoms with Gasteiger partial charge in [-0.2, -0.15) is 0 Å². The SMILES string of the molecule is Cc1ccc(NC(=O)c2cc3c(nc4sccn43)s2)cc1C. The number of rotatable bonds is 2. The monoisotopic (exact) mass is 327 g/mol. The van der Waals surface area contributed by atoms with Crippen LogP contribution in [-0.2, 0) is 0 Å². The number of hydrogen-bond acceptors (Lipinski definition) is 4. The van der Waals surface area contributed by atoms with Crippen molar-refractivity contribution in [1.82, 2.24) is 9.38 Å². The number of nitrogens with zero attached hydrogens (tertiary/aromatic N) is 2. The second-order valence-electron chi connectivity index (χ2n) is 5.22. The first-order chi connectivity index (χ1) is 10.6. The number of thiophene rings is 1. The van der Waals surface area contributed by atoms with Gasteiger partial charge in [0, 0.05) is 17.3 Å². The summed E-state index contributed by atoms with van der Waals surface area (Å²) in [7, 11) is 0. The van der Waals surface area contributed by atoms with Gasteiger partial charge in [-0.3, -0.25) is 9.20 Å². The van der Waals surface area contributed by atoms with Gasteiger partial charge in [0.05, 0.1) is 10.4 Å². The number of amides is 1. The van der Waals surface area contributed by atoms with E-state index in [-0.39, 0.29) is 5.91 Å². The molecule has 0 atom stereocenters. The minimum Gasteiger partial charge on any atom is -0.321 e. The molecule has 1 N–H and O–H groups in total. The van der Waals surface area contributed by atoms with Crippen molar-refractivity contribution in [1.29, 1.82) is 0 Å². The van der Waals surface area contributed by atoms with Crippen LogP contribution >= 0.6 is 22.7 Å². The van der Waals surface area contributed by atoms with Crippen molar-refractivity contribution >= 4 is 49.6 Å². The first-order valence-electron chi connectivity index (χ1n) is 6.85. The molecular weight excluding hydrogens is 314 g/mol. The maximum absolute atomic E-state index is 12.4. The molecule has 4 nitrogen and oxygen atoms in total. The molecule has 0 aliphatic heterocycles. The van der Waals surface area contributed by atoms with Crippen LogP contribution in [-0.4, -0.2) is 15.3 Å². The summed E-state index contributed by atoms with van der Waals surface area (Å²) in [6, 6.07) is 7.84. The number of imidazole rings is 1. The molecule has 6 heteroatoms. The topological polar surface area (TPSA) is 46.4 Å². The Morgan fingerprint density at radius 2 is 2.09 bits per heavy atom. The molecule has 4 rings (SSSR count). The van der Waals surface area contributed by atoms with E-state index in [0.717, 1.165) is 21.0 Å². The molecule has 3 heterocycles. The highest BCUT2D eigenvalue weighted by molar-refractivity contribution is 7.21. The molecule has 1 amide bonds. The average Bonchev–Trinajstić information content (AvgIpc) is 3.14. The minimum absolute atomic E-state index is 0.0877. The standard InChI is InChI=1S/C16H13N3OS2/c1-9-3-4-11(7-10(9)2)17-14(20)13-8-12-15(22-13)18-16-19(12)5-6-21-16/h3-8H,1-2H3,(H,17,20). The van der Waals surface area contributed by atoms with Gasteiger partial charge < -0.3 is 5.32 Å². The number of aromatic nitrogens is 2.